The van der Waals surface area contributed by atoms with E-state index in [1.165, 1.54) is 4.90 Å². The van der Waals surface area contributed by atoms with E-state index in [0.717, 1.165) is 5.56 Å². The number of amides is 2. The molecule has 102 valence electrons. The molecule has 1 aliphatic rings. The summed E-state index contributed by atoms with van der Waals surface area (Å²) in [5.74, 6) is -1.11. The van der Waals surface area contributed by atoms with E-state index in [-0.39, 0.29) is 12.0 Å². The number of hydrogen-bond donors (Lipinski definition) is 2. The van der Waals surface area contributed by atoms with Gasteiger partial charge in [-0.15, -0.1) is 0 Å². The van der Waals surface area contributed by atoms with E-state index in [1.54, 1.807) is 6.07 Å². The van der Waals surface area contributed by atoms with Gasteiger partial charge in [-0.05, 0) is 17.7 Å². The van der Waals surface area contributed by atoms with Crippen molar-refractivity contribution in [3.05, 3.63) is 29.8 Å². The zero-order valence-electron chi connectivity index (χ0n) is 11.1. The van der Waals surface area contributed by atoms with Gasteiger partial charge < -0.3 is 15.3 Å². The van der Waals surface area contributed by atoms with Gasteiger partial charge in [0.05, 0.1) is 6.61 Å². The monoisotopic (exact) mass is 262 g/mol. The lowest BCUT2D eigenvalue weighted by Crippen LogP contribution is -2.52. The topological polar surface area (TPSA) is 69.6 Å². The molecular formula is C14H18N2O3. The maximum atomic E-state index is 11.8. The second-order valence-corrected chi connectivity index (χ2v) is 5.31. The number of piperazine rings is 1. The van der Waals surface area contributed by atoms with Crippen LogP contribution >= 0.6 is 0 Å². The number of benzene rings is 1. The standard InChI is InChI=1S/C14H18N2O3/c1-14(2,9-17)10-4-3-5-11(8-10)16-7-6-15-12(18)13(16)19/h3-5,8,17H,6-7,9H2,1-2H3,(H,15,18). The first-order chi connectivity index (χ1) is 8.95. The summed E-state index contributed by atoms with van der Waals surface area (Å²) in [7, 11) is 0. The minimum atomic E-state index is -0.571. The third kappa shape index (κ3) is 2.61. The molecule has 2 amide bonds. The Labute approximate surface area is 112 Å². The predicted molar refractivity (Wildman–Crippen MR) is 71.9 cm³/mol. The molecule has 0 spiro atoms. The second-order valence-electron chi connectivity index (χ2n) is 5.31. The van der Waals surface area contributed by atoms with Gasteiger partial charge in [0.1, 0.15) is 0 Å². The van der Waals surface area contributed by atoms with E-state index in [2.05, 4.69) is 5.32 Å². The van der Waals surface area contributed by atoms with Crippen molar-refractivity contribution < 1.29 is 14.7 Å². The summed E-state index contributed by atoms with van der Waals surface area (Å²) < 4.78 is 0. The maximum Gasteiger partial charge on any atom is 0.316 e. The average molecular weight is 262 g/mol. The lowest BCUT2D eigenvalue weighted by atomic mass is 9.85. The van der Waals surface area contributed by atoms with Crippen LogP contribution in [0, 0.1) is 0 Å². The highest BCUT2D eigenvalue weighted by Crippen LogP contribution is 2.26. The van der Waals surface area contributed by atoms with Crippen molar-refractivity contribution in [1.29, 1.82) is 0 Å². The van der Waals surface area contributed by atoms with Crippen LogP contribution in [0.15, 0.2) is 24.3 Å². The van der Waals surface area contributed by atoms with Crippen LogP contribution in [0.3, 0.4) is 0 Å². The Morgan fingerprint density at radius 3 is 2.79 bits per heavy atom. The molecule has 5 nitrogen and oxygen atoms in total. The minimum absolute atomic E-state index is 0.0187. The summed E-state index contributed by atoms with van der Waals surface area (Å²) in [5, 5.41) is 11.9. The van der Waals surface area contributed by atoms with Gasteiger partial charge in [-0.2, -0.15) is 0 Å². The quantitative estimate of drug-likeness (QED) is 0.776. The molecule has 1 saturated heterocycles. The van der Waals surface area contributed by atoms with Gasteiger partial charge in [-0.1, -0.05) is 26.0 Å². The number of nitrogens with one attached hydrogen (secondary N) is 1. The fourth-order valence-corrected chi connectivity index (χ4v) is 2.01. The maximum absolute atomic E-state index is 11.8. The summed E-state index contributed by atoms with van der Waals surface area (Å²) in [6, 6.07) is 7.40. The number of carbonyl (C=O) groups excluding carboxylic acids is 2. The molecule has 0 aromatic heterocycles. The molecule has 1 aromatic carbocycles. The highest BCUT2D eigenvalue weighted by atomic mass is 16.3. The van der Waals surface area contributed by atoms with Crippen molar-refractivity contribution in [3.8, 4) is 0 Å². The SMILES string of the molecule is CC(C)(CO)c1cccc(N2CCNC(=O)C2=O)c1. The van der Waals surface area contributed by atoms with E-state index in [0.29, 0.717) is 18.8 Å². The Hall–Kier alpha value is -1.88. The fourth-order valence-electron chi connectivity index (χ4n) is 2.01. The highest BCUT2D eigenvalue weighted by molar-refractivity contribution is 6.41. The van der Waals surface area contributed by atoms with Crippen LogP contribution in [0.2, 0.25) is 0 Å². The number of rotatable bonds is 3. The third-order valence-electron chi connectivity index (χ3n) is 3.39. The van der Waals surface area contributed by atoms with Crippen LogP contribution in [0.4, 0.5) is 5.69 Å². The van der Waals surface area contributed by atoms with Crippen molar-refractivity contribution in [2.24, 2.45) is 0 Å². The zero-order valence-corrected chi connectivity index (χ0v) is 11.1. The van der Waals surface area contributed by atoms with Crippen molar-refractivity contribution >= 4 is 17.5 Å². The molecule has 1 aromatic rings. The Morgan fingerprint density at radius 2 is 2.11 bits per heavy atom. The summed E-state index contributed by atoms with van der Waals surface area (Å²) in [6.07, 6.45) is 0. The summed E-state index contributed by atoms with van der Waals surface area (Å²) in [6.45, 7) is 4.80. The molecule has 0 atom stereocenters. The number of hydrogen-bond acceptors (Lipinski definition) is 3. The van der Waals surface area contributed by atoms with Gasteiger partial charge in [-0.3, -0.25) is 9.59 Å². The summed E-state index contributed by atoms with van der Waals surface area (Å²) in [4.78, 5) is 24.7. The first kappa shape index (κ1) is 13.5. The van der Waals surface area contributed by atoms with Gasteiger partial charge in [-0.25, -0.2) is 0 Å². The Morgan fingerprint density at radius 1 is 1.37 bits per heavy atom. The van der Waals surface area contributed by atoms with Crippen LogP contribution < -0.4 is 10.2 Å². The van der Waals surface area contributed by atoms with Crippen LogP contribution in [-0.4, -0.2) is 36.6 Å². The van der Waals surface area contributed by atoms with Gasteiger partial charge in [0.2, 0.25) is 0 Å². The summed E-state index contributed by atoms with van der Waals surface area (Å²) in [5.41, 5.74) is 1.25. The Bertz CT molecular complexity index is 511. The van der Waals surface area contributed by atoms with Crippen molar-refractivity contribution in [1.82, 2.24) is 5.32 Å². The molecule has 1 heterocycles. The molecule has 5 heteroatoms. The molecule has 1 fully saturated rings. The highest BCUT2D eigenvalue weighted by Gasteiger charge is 2.28. The third-order valence-corrected chi connectivity index (χ3v) is 3.39. The molecule has 0 radical (unpaired) electrons. The van der Waals surface area contributed by atoms with E-state index in [1.807, 2.05) is 32.0 Å². The van der Waals surface area contributed by atoms with Gasteiger partial charge in [0, 0.05) is 24.2 Å². The minimum Gasteiger partial charge on any atom is -0.395 e. The van der Waals surface area contributed by atoms with Crippen LogP contribution in [0.25, 0.3) is 0 Å². The lowest BCUT2D eigenvalue weighted by molar-refractivity contribution is -0.138. The Kier molecular flexibility index (Phi) is 3.57. The molecule has 0 saturated carbocycles. The second kappa shape index (κ2) is 5.01. The van der Waals surface area contributed by atoms with E-state index in [4.69, 9.17) is 0 Å². The van der Waals surface area contributed by atoms with Crippen LogP contribution in [0.1, 0.15) is 19.4 Å². The molecule has 0 aliphatic carbocycles. The van der Waals surface area contributed by atoms with E-state index >= 15 is 0 Å². The van der Waals surface area contributed by atoms with Crippen LogP contribution in [-0.2, 0) is 15.0 Å². The number of anilines is 1. The zero-order chi connectivity index (χ0) is 14.0. The van der Waals surface area contributed by atoms with Crippen molar-refractivity contribution in [2.75, 3.05) is 24.6 Å². The average Bonchev–Trinajstić information content (AvgIpc) is 2.42. The number of aliphatic hydroxyl groups excluding tert-OH is 1. The molecule has 0 bridgehead atoms. The molecule has 0 unspecified atom stereocenters. The van der Waals surface area contributed by atoms with Gasteiger partial charge in [0.25, 0.3) is 0 Å². The number of nitrogens with zero attached hydrogens (tertiary/aromatic N) is 1. The van der Waals surface area contributed by atoms with Crippen LogP contribution in [0.5, 0.6) is 0 Å². The Balaban J connectivity index is 2.33. The number of carbonyl (C=O) groups is 2. The van der Waals surface area contributed by atoms with Gasteiger partial charge in [0.15, 0.2) is 0 Å². The van der Waals surface area contributed by atoms with Crippen molar-refractivity contribution in [2.45, 2.75) is 19.3 Å². The first-order valence-electron chi connectivity index (χ1n) is 6.27. The van der Waals surface area contributed by atoms with Crippen molar-refractivity contribution in [3.63, 3.8) is 0 Å². The molecule has 19 heavy (non-hydrogen) atoms. The molecule has 2 N–H and O–H groups in total. The smallest absolute Gasteiger partial charge is 0.316 e. The summed E-state index contributed by atoms with van der Waals surface area (Å²) >= 11 is 0. The normalized spacial score (nSPS) is 16.5. The molecule has 1 aliphatic heterocycles. The lowest BCUT2D eigenvalue weighted by Gasteiger charge is -2.29. The predicted octanol–water partition coefficient (Wildman–Crippen LogP) is 0.419. The molecular weight excluding hydrogens is 244 g/mol. The first-order valence-corrected chi connectivity index (χ1v) is 6.27. The molecule has 2 rings (SSSR count). The largest absolute Gasteiger partial charge is 0.395 e. The fraction of sp³-hybridized carbons (Fsp3) is 0.429. The number of aliphatic hydroxyl groups is 1. The van der Waals surface area contributed by atoms with Gasteiger partial charge >= 0.3 is 11.8 Å². The van der Waals surface area contributed by atoms with E-state index in [9.17, 15) is 14.7 Å². The van der Waals surface area contributed by atoms with E-state index < -0.39 is 11.8 Å².